The van der Waals surface area contributed by atoms with E-state index in [2.05, 4.69) is 10.3 Å². The van der Waals surface area contributed by atoms with Gasteiger partial charge in [0.05, 0.1) is 23.9 Å². The van der Waals surface area contributed by atoms with Crippen LogP contribution in [0.3, 0.4) is 0 Å². The molecular weight excluding hydrogens is 230 g/mol. The first-order chi connectivity index (χ1) is 8.04. The van der Waals surface area contributed by atoms with Gasteiger partial charge in [0.2, 0.25) is 0 Å². The molecule has 1 heterocycles. The van der Waals surface area contributed by atoms with Crippen molar-refractivity contribution < 1.29 is 13.9 Å². The van der Waals surface area contributed by atoms with Crippen LogP contribution < -0.4 is 0 Å². The van der Waals surface area contributed by atoms with Crippen molar-refractivity contribution in [3.05, 3.63) is 11.4 Å². The molecule has 0 unspecified atom stereocenters. The van der Waals surface area contributed by atoms with E-state index >= 15 is 0 Å². The van der Waals surface area contributed by atoms with Crippen LogP contribution in [0.5, 0.6) is 0 Å². The number of aliphatic hydroxyl groups excluding tert-OH is 1. The van der Waals surface area contributed by atoms with Gasteiger partial charge in [-0.25, -0.2) is 13.5 Å². The van der Waals surface area contributed by atoms with Gasteiger partial charge in [-0.2, -0.15) is 5.26 Å². The number of rotatable bonds is 6. The van der Waals surface area contributed by atoms with Crippen LogP contribution in [-0.2, 0) is 19.4 Å². The maximum absolute atomic E-state index is 13.1. The van der Waals surface area contributed by atoms with E-state index in [4.69, 9.17) is 10.4 Å². The minimum absolute atomic E-state index is 0.0556. The van der Waals surface area contributed by atoms with E-state index in [1.54, 1.807) is 0 Å². The topological polar surface area (TPSA) is 74.7 Å². The smallest absolute Gasteiger partial charge is 0.289 e. The molecule has 0 saturated carbocycles. The minimum atomic E-state index is -3.22. The van der Waals surface area contributed by atoms with E-state index in [-0.39, 0.29) is 6.42 Å². The summed E-state index contributed by atoms with van der Waals surface area (Å²) in [4.78, 5) is 0. The maximum Gasteiger partial charge on any atom is 0.289 e. The van der Waals surface area contributed by atoms with Gasteiger partial charge in [0.1, 0.15) is 13.2 Å². The zero-order valence-electron chi connectivity index (χ0n) is 9.53. The summed E-state index contributed by atoms with van der Waals surface area (Å²) < 4.78 is 27.2. The van der Waals surface area contributed by atoms with Crippen LogP contribution in [0, 0.1) is 11.3 Å². The fourth-order valence-electron chi connectivity index (χ4n) is 1.49. The molecule has 0 bridgehead atoms. The first-order valence-corrected chi connectivity index (χ1v) is 5.31. The van der Waals surface area contributed by atoms with Gasteiger partial charge in [-0.15, -0.1) is 5.10 Å². The summed E-state index contributed by atoms with van der Waals surface area (Å²) in [7, 11) is 0. The van der Waals surface area contributed by atoms with Crippen LogP contribution in [0.2, 0.25) is 0 Å². The van der Waals surface area contributed by atoms with E-state index in [1.807, 2.05) is 13.0 Å². The van der Waals surface area contributed by atoms with E-state index in [9.17, 15) is 8.78 Å². The Labute approximate surface area is 97.7 Å². The predicted octanol–water partition coefficient (Wildman–Crippen LogP) is 0.924. The average Bonchev–Trinajstić information content (AvgIpc) is 2.63. The van der Waals surface area contributed by atoms with Crippen LogP contribution in [0.25, 0.3) is 0 Å². The summed E-state index contributed by atoms with van der Waals surface area (Å²) >= 11 is 0. The van der Waals surface area contributed by atoms with Gasteiger partial charge < -0.3 is 5.11 Å². The largest absolute Gasteiger partial charge is 0.390 e. The molecule has 7 heteroatoms. The summed E-state index contributed by atoms with van der Waals surface area (Å²) in [5.41, 5.74) is 0.977. The molecule has 0 spiro atoms. The number of nitrogens with zero attached hydrogens (tertiary/aromatic N) is 4. The zero-order chi connectivity index (χ0) is 12.9. The molecule has 0 atom stereocenters. The van der Waals surface area contributed by atoms with Crippen LogP contribution in [0.1, 0.15) is 24.7 Å². The molecule has 1 aromatic rings. The van der Waals surface area contributed by atoms with Gasteiger partial charge in [0, 0.05) is 0 Å². The van der Waals surface area contributed by atoms with Gasteiger partial charge in [-0.1, -0.05) is 18.6 Å². The number of aliphatic hydroxyl groups is 1. The van der Waals surface area contributed by atoms with Gasteiger partial charge >= 0.3 is 0 Å². The minimum Gasteiger partial charge on any atom is -0.390 e. The van der Waals surface area contributed by atoms with Crippen molar-refractivity contribution in [1.82, 2.24) is 15.0 Å². The molecule has 0 aromatic carbocycles. The number of hydrogen-bond acceptors (Lipinski definition) is 4. The Bertz CT molecular complexity index is 411. The highest BCUT2D eigenvalue weighted by atomic mass is 19.3. The number of alkyl halides is 2. The van der Waals surface area contributed by atoms with Gasteiger partial charge in [-0.3, -0.25) is 0 Å². The third-order valence-electron chi connectivity index (χ3n) is 2.26. The zero-order valence-corrected chi connectivity index (χ0v) is 9.53. The van der Waals surface area contributed by atoms with E-state index < -0.39 is 19.1 Å². The monoisotopic (exact) mass is 244 g/mol. The van der Waals surface area contributed by atoms with Gasteiger partial charge in [-0.05, 0) is 6.42 Å². The molecule has 1 rings (SSSR count). The normalized spacial score (nSPS) is 11.5. The Morgan fingerprint density at radius 2 is 2.24 bits per heavy atom. The second-order valence-electron chi connectivity index (χ2n) is 3.74. The number of aromatic nitrogens is 3. The van der Waals surface area contributed by atoms with Crippen LogP contribution in [-0.4, -0.2) is 32.6 Å². The molecule has 94 valence electrons. The van der Waals surface area contributed by atoms with Gasteiger partial charge in [0.25, 0.3) is 5.92 Å². The Balaban J connectivity index is 2.95. The van der Waals surface area contributed by atoms with Crippen LogP contribution >= 0.6 is 0 Å². The van der Waals surface area contributed by atoms with E-state index in [1.165, 1.54) is 0 Å². The highest BCUT2D eigenvalue weighted by molar-refractivity contribution is 5.14. The summed E-state index contributed by atoms with van der Waals surface area (Å²) in [5.74, 6) is -3.22. The first kappa shape index (κ1) is 13.5. The van der Waals surface area contributed by atoms with Crippen LogP contribution in [0.15, 0.2) is 0 Å². The maximum atomic E-state index is 13.1. The van der Waals surface area contributed by atoms with Crippen molar-refractivity contribution in [2.24, 2.45) is 0 Å². The highest BCUT2D eigenvalue weighted by Crippen LogP contribution is 2.18. The predicted molar refractivity (Wildman–Crippen MR) is 55.4 cm³/mol. The highest BCUT2D eigenvalue weighted by Gasteiger charge is 2.30. The second kappa shape index (κ2) is 5.68. The molecule has 1 aromatic heterocycles. The lowest BCUT2D eigenvalue weighted by molar-refractivity contribution is -0.0660. The summed E-state index contributed by atoms with van der Waals surface area (Å²) in [6.45, 7) is -0.0407. The molecular formula is C10H14F2N4O. The van der Waals surface area contributed by atoms with Crippen molar-refractivity contribution in [2.45, 2.75) is 38.7 Å². The second-order valence-corrected chi connectivity index (χ2v) is 3.74. The molecule has 0 aliphatic rings. The van der Waals surface area contributed by atoms with Crippen molar-refractivity contribution >= 4 is 0 Å². The van der Waals surface area contributed by atoms with Crippen molar-refractivity contribution in [1.29, 1.82) is 5.26 Å². The van der Waals surface area contributed by atoms with Crippen molar-refractivity contribution in [3.8, 4) is 6.07 Å². The molecule has 0 radical (unpaired) electrons. The molecule has 1 N–H and O–H groups in total. The SMILES string of the molecule is CCCc1c(CC#N)nnn1CC(F)(F)CO. The average molecular weight is 244 g/mol. The summed E-state index contributed by atoms with van der Waals surface area (Å²) in [6.07, 6.45) is 1.34. The summed E-state index contributed by atoms with van der Waals surface area (Å²) in [6, 6.07) is 1.92. The Morgan fingerprint density at radius 3 is 2.76 bits per heavy atom. The lowest BCUT2D eigenvalue weighted by Crippen LogP contribution is -2.29. The third kappa shape index (κ3) is 3.46. The van der Waals surface area contributed by atoms with Crippen molar-refractivity contribution in [2.75, 3.05) is 6.61 Å². The quantitative estimate of drug-likeness (QED) is 0.807. The third-order valence-corrected chi connectivity index (χ3v) is 2.26. The number of halogens is 2. The molecule has 0 fully saturated rings. The number of hydrogen-bond donors (Lipinski definition) is 1. The molecule has 0 aliphatic heterocycles. The fourth-order valence-corrected chi connectivity index (χ4v) is 1.49. The number of nitriles is 1. The Kier molecular flexibility index (Phi) is 4.52. The molecule has 0 aliphatic carbocycles. The molecule has 17 heavy (non-hydrogen) atoms. The fraction of sp³-hybridized carbons (Fsp3) is 0.700. The lowest BCUT2D eigenvalue weighted by atomic mass is 10.1. The van der Waals surface area contributed by atoms with Crippen LogP contribution in [0.4, 0.5) is 8.78 Å². The lowest BCUT2D eigenvalue weighted by Gasteiger charge is -2.14. The molecule has 5 nitrogen and oxygen atoms in total. The summed E-state index contributed by atoms with van der Waals surface area (Å²) in [5, 5.41) is 24.4. The Morgan fingerprint density at radius 1 is 1.53 bits per heavy atom. The molecule has 0 amide bonds. The van der Waals surface area contributed by atoms with Crippen molar-refractivity contribution in [3.63, 3.8) is 0 Å². The van der Waals surface area contributed by atoms with E-state index in [0.29, 0.717) is 17.8 Å². The van der Waals surface area contributed by atoms with Gasteiger partial charge in [0.15, 0.2) is 0 Å². The van der Waals surface area contributed by atoms with E-state index in [0.717, 1.165) is 11.1 Å². The molecule has 0 saturated heterocycles. The first-order valence-electron chi connectivity index (χ1n) is 5.31. The Hall–Kier alpha value is -1.55. The standard InChI is InChI=1S/C10H14F2N4O/c1-2-3-9-8(4-5-13)14-15-16(9)6-10(11,12)7-17/h17H,2-4,6-7H2,1H3.